The molecule has 1 N–H and O–H groups in total. The Morgan fingerprint density at radius 2 is 1.39 bits per heavy atom. The number of aliphatic carboxylic acids is 1. The summed E-state index contributed by atoms with van der Waals surface area (Å²) in [5.74, 6) is -0.968. The van der Waals surface area contributed by atoms with Gasteiger partial charge in [0, 0.05) is 12.5 Å². The maximum atomic E-state index is 10.1. The molecule has 0 aromatic heterocycles. The Morgan fingerprint density at radius 3 is 1.89 bits per heavy atom. The Kier molecular flexibility index (Phi) is 20.1. The third-order valence-corrected chi connectivity index (χ3v) is 2.96. The third-order valence-electron chi connectivity index (χ3n) is 2.96. The summed E-state index contributed by atoms with van der Waals surface area (Å²) < 4.78 is 0. The van der Waals surface area contributed by atoms with Crippen molar-refractivity contribution in [3.05, 3.63) is 0 Å². The molecule has 0 aliphatic carbocycles. The smallest absolute Gasteiger partial charge is 0.550 e. The summed E-state index contributed by atoms with van der Waals surface area (Å²) >= 11 is 0. The van der Waals surface area contributed by atoms with Gasteiger partial charge in [-0.15, -0.1) is 0 Å². The van der Waals surface area contributed by atoms with Gasteiger partial charge in [0.1, 0.15) is 0 Å². The van der Waals surface area contributed by atoms with Gasteiger partial charge in [-0.2, -0.15) is 0 Å². The summed E-state index contributed by atoms with van der Waals surface area (Å²) in [6.45, 7) is 3.72. The van der Waals surface area contributed by atoms with Gasteiger partial charge >= 0.3 is 29.6 Å². The summed E-state index contributed by atoms with van der Waals surface area (Å²) in [6.07, 6.45) is 12.0. The summed E-state index contributed by atoms with van der Waals surface area (Å²) in [5, 5.41) is 13.2. The quantitative estimate of drug-likeness (QED) is 0.352. The molecule has 0 fully saturated rings. The van der Waals surface area contributed by atoms with Crippen molar-refractivity contribution >= 4 is 5.97 Å². The molecule has 4 heteroatoms. The van der Waals surface area contributed by atoms with E-state index in [9.17, 15) is 9.90 Å². The number of hydrogen-bond donors (Lipinski definition) is 1. The molecule has 18 heavy (non-hydrogen) atoms. The van der Waals surface area contributed by atoms with Gasteiger partial charge in [-0.3, -0.25) is 0 Å². The molecule has 0 unspecified atom stereocenters. The first-order valence-corrected chi connectivity index (χ1v) is 7.18. The van der Waals surface area contributed by atoms with Gasteiger partial charge < -0.3 is 15.2 Å². The van der Waals surface area contributed by atoms with Crippen LogP contribution in [0.2, 0.25) is 0 Å². The van der Waals surface area contributed by atoms with E-state index in [1.165, 1.54) is 51.4 Å². The van der Waals surface area contributed by atoms with Crippen molar-refractivity contribution in [3.63, 3.8) is 0 Å². The van der Waals surface area contributed by atoms with Crippen LogP contribution < -0.4 is 40.0 Å². The van der Waals surface area contributed by atoms with Crippen LogP contribution in [0.1, 0.15) is 71.1 Å². The van der Waals surface area contributed by atoms with Crippen molar-refractivity contribution in [2.24, 2.45) is 0 Å². The Bertz CT molecular complexity index is 177. The topological polar surface area (TPSA) is 52.2 Å². The average Bonchev–Trinajstić information content (AvgIpc) is 2.30. The minimum Gasteiger partial charge on any atom is -0.550 e. The molecule has 0 saturated carbocycles. The van der Waals surface area contributed by atoms with Crippen molar-refractivity contribution in [2.75, 3.05) is 13.1 Å². The van der Waals surface area contributed by atoms with Crippen LogP contribution in [0.5, 0.6) is 0 Å². The first kappa shape index (κ1) is 20.7. The molecule has 0 bridgehead atoms. The van der Waals surface area contributed by atoms with Crippen LogP contribution >= 0.6 is 0 Å². The molecule has 0 spiro atoms. The van der Waals surface area contributed by atoms with Gasteiger partial charge in [0.05, 0.1) is 0 Å². The van der Waals surface area contributed by atoms with Crippen LogP contribution in [0.25, 0.3) is 0 Å². The number of nitrogens with one attached hydrogen (secondary N) is 1. The molecule has 0 atom stereocenters. The minimum absolute atomic E-state index is 0. The predicted molar refractivity (Wildman–Crippen MR) is 69.7 cm³/mol. The number of unbranched alkanes of at least 4 members (excludes halogenated alkanes) is 8. The molecule has 3 nitrogen and oxygen atoms in total. The van der Waals surface area contributed by atoms with Gasteiger partial charge in [0.25, 0.3) is 0 Å². The van der Waals surface area contributed by atoms with E-state index < -0.39 is 5.97 Å². The fourth-order valence-electron chi connectivity index (χ4n) is 1.88. The number of carboxylic acids is 1. The van der Waals surface area contributed by atoms with Crippen molar-refractivity contribution in [1.82, 2.24) is 5.32 Å². The Morgan fingerprint density at radius 1 is 0.889 bits per heavy atom. The average molecular weight is 265 g/mol. The van der Waals surface area contributed by atoms with E-state index in [-0.39, 0.29) is 36.0 Å². The van der Waals surface area contributed by atoms with Crippen molar-refractivity contribution < 1.29 is 39.5 Å². The molecule has 0 aromatic rings. The molecule has 0 aliphatic heterocycles. The predicted octanol–water partition coefficient (Wildman–Crippen LogP) is -0.749. The summed E-state index contributed by atoms with van der Waals surface area (Å²) in [4.78, 5) is 10.1. The first-order chi connectivity index (χ1) is 8.27. The van der Waals surface area contributed by atoms with Crippen LogP contribution in [-0.2, 0) is 4.79 Å². The maximum absolute atomic E-state index is 10.1. The van der Waals surface area contributed by atoms with Crippen molar-refractivity contribution in [2.45, 2.75) is 71.1 Å². The number of hydrogen-bond acceptors (Lipinski definition) is 3. The van der Waals surface area contributed by atoms with Crippen LogP contribution in [0.15, 0.2) is 0 Å². The van der Waals surface area contributed by atoms with E-state index in [0.717, 1.165) is 13.0 Å². The van der Waals surface area contributed by atoms with Crippen LogP contribution in [0.4, 0.5) is 0 Å². The van der Waals surface area contributed by atoms with Crippen LogP contribution in [0, 0.1) is 0 Å². The van der Waals surface area contributed by atoms with E-state index in [4.69, 9.17) is 0 Å². The first-order valence-electron chi connectivity index (χ1n) is 7.18. The molecule has 0 radical (unpaired) electrons. The number of carbonyl (C=O) groups is 1. The van der Waals surface area contributed by atoms with Gasteiger partial charge in [-0.1, -0.05) is 58.3 Å². The van der Waals surface area contributed by atoms with Crippen molar-refractivity contribution in [1.29, 1.82) is 0 Å². The second kappa shape index (κ2) is 17.4. The molecule has 0 heterocycles. The zero-order valence-electron chi connectivity index (χ0n) is 12.3. The van der Waals surface area contributed by atoms with E-state index in [1.807, 2.05) is 0 Å². The largest absolute Gasteiger partial charge is 1.00 e. The van der Waals surface area contributed by atoms with E-state index in [2.05, 4.69) is 12.2 Å². The van der Waals surface area contributed by atoms with E-state index >= 15 is 0 Å². The second-order valence-electron chi connectivity index (χ2n) is 4.70. The second-order valence-corrected chi connectivity index (χ2v) is 4.70. The van der Waals surface area contributed by atoms with Gasteiger partial charge in [-0.05, 0) is 19.4 Å². The van der Waals surface area contributed by atoms with Gasteiger partial charge in [-0.25, -0.2) is 0 Å². The maximum Gasteiger partial charge on any atom is 1.00 e. The third kappa shape index (κ3) is 18.8. The summed E-state index contributed by atoms with van der Waals surface area (Å²) in [6, 6.07) is 0. The summed E-state index contributed by atoms with van der Waals surface area (Å²) in [5.41, 5.74) is 0. The molecule has 0 saturated heterocycles. The van der Waals surface area contributed by atoms with E-state index in [1.54, 1.807) is 0 Å². The van der Waals surface area contributed by atoms with Gasteiger partial charge in [0.15, 0.2) is 0 Å². The normalized spacial score (nSPS) is 10.1. The fraction of sp³-hybridized carbons (Fsp3) is 0.929. The minimum atomic E-state index is -0.968. The zero-order chi connectivity index (χ0) is 12.8. The van der Waals surface area contributed by atoms with Crippen LogP contribution in [0.3, 0.4) is 0 Å². The number of rotatable bonds is 13. The molecule has 0 amide bonds. The van der Waals surface area contributed by atoms with Gasteiger partial charge in [0.2, 0.25) is 0 Å². The molecule has 0 aromatic carbocycles. The number of carboxylic acid groups (broad SMARTS) is 1. The molecule has 0 aliphatic rings. The van der Waals surface area contributed by atoms with Crippen molar-refractivity contribution in [3.8, 4) is 0 Å². The van der Waals surface area contributed by atoms with E-state index in [0.29, 0.717) is 6.54 Å². The Labute approximate surface area is 134 Å². The molecule has 0 rings (SSSR count). The molecular formula is C14H28NNaO2. The standard InChI is InChI=1S/C14H29NO2.Na/c1-2-3-4-5-6-7-8-9-10-12-15-13-11-14(16)17;/h15H,2-13H2,1H3,(H,16,17);/q;+1/p-1. The zero-order valence-corrected chi connectivity index (χ0v) is 14.3. The fourth-order valence-corrected chi connectivity index (χ4v) is 1.88. The van der Waals surface area contributed by atoms with Crippen LogP contribution in [-0.4, -0.2) is 19.1 Å². The Balaban J connectivity index is 0. The molecular weight excluding hydrogens is 237 g/mol. The SMILES string of the molecule is CCCCCCCCCCCNCCC(=O)[O-].[Na+]. The monoisotopic (exact) mass is 265 g/mol. The summed E-state index contributed by atoms with van der Waals surface area (Å²) in [7, 11) is 0. The Hall–Kier alpha value is 0.430. The number of carbonyl (C=O) groups excluding carboxylic acids is 1. The molecule has 102 valence electrons.